The zero-order chi connectivity index (χ0) is 14.8. The van der Waals surface area contributed by atoms with Crippen LogP contribution in [0.3, 0.4) is 0 Å². The highest BCUT2D eigenvalue weighted by Crippen LogP contribution is 2.31. The first-order valence-corrected chi connectivity index (χ1v) is 8.01. The molecule has 0 saturated heterocycles. The van der Waals surface area contributed by atoms with Crippen LogP contribution in [0.2, 0.25) is 5.02 Å². The maximum atomic E-state index is 12.1. The molecule has 21 heavy (non-hydrogen) atoms. The predicted octanol–water partition coefficient (Wildman–Crippen LogP) is 2.77. The van der Waals surface area contributed by atoms with Crippen LogP contribution in [0, 0.1) is 6.92 Å². The van der Waals surface area contributed by atoms with Crippen molar-refractivity contribution in [1.29, 1.82) is 0 Å². The van der Waals surface area contributed by atoms with Gasteiger partial charge in [0.05, 0.1) is 10.7 Å². The van der Waals surface area contributed by atoms with E-state index in [0.717, 1.165) is 28.4 Å². The normalized spacial score (nSPS) is 16.4. The zero-order valence-corrected chi connectivity index (χ0v) is 13.1. The molecule has 2 heterocycles. The second-order valence-electron chi connectivity index (χ2n) is 4.96. The number of fused-ring (bicyclic) bond motifs is 1. The number of carbonyl (C=O) groups excluding carboxylic acids is 1. The molecular weight excluding hydrogens is 308 g/mol. The average molecular weight is 323 g/mol. The number of benzene rings is 1. The largest absolute Gasteiger partial charge is 0.480 e. The standard InChI is InChI=1S/C15H15ClN2O2S/c1-9-18-12(8-21-9)4-5-17-15(19)14-7-10-6-11(16)2-3-13(10)20-14/h2-3,6,8,14H,4-5,7H2,1H3,(H,17,19)/t14-/m0/s1. The Morgan fingerprint density at radius 2 is 2.43 bits per heavy atom. The summed E-state index contributed by atoms with van der Waals surface area (Å²) in [6.07, 6.45) is 0.842. The Morgan fingerprint density at radius 1 is 1.57 bits per heavy atom. The highest BCUT2D eigenvalue weighted by Gasteiger charge is 2.28. The van der Waals surface area contributed by atoms with Crippen LogP contribution in [0.15, 0.2) is 23.6 Å². The van der Waals surface area contributed by atoms with Crippen LogP contribution in [-0.4, -0.2) is 23.5 Å². The maximum absolute atomic E-state index is 12.1. The van der Waals surface area contributed by atoms with Gasteiger partial charge >= 0.3 is 0 Å². The first kappa shape index (κ1) is 14.4. The second kappa shape index (κ2) is 6.03. The van der Waals surface area contributed by atoms with E-state index in [1.54, 1.807) is 17.4 Å². The summed E-state index contributed by atoms with van der Waals surface area (Å²) in [4.78, 5) is 16.5. The van der Waals surface area contributed by atoms with Crippen molar-refractivity contribution in [2.75, 3.05) is 6.54 Å². The van der Waals surface area contributed by atoms with Gasteiger partial charge < -0.3 is 10.1 Å². The Labute approximate surface area is 132 Å². The first-order valence-electron chi connectivity index (χ1n) is 6.75. The fraction of sp³-hybridized carbons (Fsp3) is 0.333. The number of hydrogen-bond donors (Lipinski definition) is 1. The average Bonchev–Trinajstić information content (AvgIpc) is 3.04. The van der Waals surface area contributed by atoms with E-state index in [0.29, 0.717) is 18.0 Å². The van der Waals surface area contributed by atoms with E-state index in [1.165, 1.54) is 0 Å². The first-order chi connectivity index (χ1) is 10.1. The van der Waals surface area contributed by atoms with Gasteiger partial charge in [0.2, 0.25) is 0 Å². The molecule has 1 aromatic carbocycles. The number of amides is 1. The molecular formula is C15H15ClN2O2S. The molecule has 3 rings (SSSR count). The Morgan fingerprint density at radius 3 is 3.19 bits per heavy atom. The lowest BCUT2D eigenvalue weighted by molar-refractivity contribution is -0.127. The second-order valence-corrected chi connectivity index (χ2v) is 6.46. The Bertz CT molecular complexity index is 671. The molecule has 110 valence electrons. The van der Waals surface area contributed by atoms with Crippen LogP contribution in [-0.2, 0) is 17.6 Å². The number of carbonyl (C=O) groups is 1. The molecule has 2 aromatic rings. The molecule has 4 nitrogen and oxygen atoms in total. The van der Waals surface area contributed by atoms with Gasteiger partial charge in [0.1, 0.15) is 5.75 Å². The van der Waals surface area contributed by atoms with Crippen molar-refractivity contribution in [2.24, 2.45) is 0 Å². The molecule has 0 aliphatic carbocycles. The van der Waals surface area contributed by atoms with E-state index in [-0.39, 0.29) is 5.91 Å². The number of aryl methyl sites for hydroxylation is 1. The Hall–Kier alpha value is -1.59. The van der Waals surface area contributed by atoms with Gasteiger partial charge in [0.15, 0.2) is 6.10 Å². The summed E-state index contributed by atoms with van der Waals surface area (Å²) in [6.45, 7) is 2.54. The summed E-state index contributed by atoms with van der Waals surface area (Å²) in [5, 5.41) is 6.63. The van der Waals surface area contributed by atoms with Crippen LogP contribution in [0.1, 0.15) is 16.3 Å². The van der Waals surface area contributed by atoms with E-state index in [4.69, 9.17) is 16.3 Å². The number of rotatable bonds is 4. The fourth-order valence-corrected chi connectivity index (χ4v) is 3.16. The zero-order valence-electron chi connectivity index (χ0n) is 11.6. The molecule has 1 amide bonds. The van der Waals surface area contributed by atoms with Crippen molar-refractivity contribution >= 4 is 28.8 Å². The van der Waals surface area contributed by atoms with Crippen molar-refractivity contribution in [3.8, 4) is 5.75 Å². The number of halogens is 1. The molecule has 0 bridgehead atoms. The van der Waals surface area contributed by atoms with Crippen LogP contribution in [0.4, 0.5) is 0 Å². The minimum absolute atomic E-state index is 0.0886. The topological polar surface area (TPSA) is 51.2 Å². The summed E-state index contributed by atoms with van der Waals surface area (Å²) in [5.41, 5.74) is 2.00. The van der Waals surface area contributed by atoms with Gasteiger partial charge in [-0.25, -0.2) is 4.98 Å². The van der Waals surface area contributed by atoms with Gasteiger partial charge in [-0.05, 0) is 30.7 Å². The SMILES string of the molecule is Cc1nc(CCNC(=O)[C@@H]2Cc3cc(Cl)ccc3O2)cs1. The van der Waals surface area contributed by atoms with Crippen molar-refractivity contribution in [2.45, 2.75) is 25.9 Å². The molecule has 0 spiro atoms. The monoisotopic (exact) mass is 322 g/mol. The number of nitrogens with one attached hydrogen (secondary N) is 1. The predicted molar refractivity (Wildman–Crippen MR) is 83.1 cm³/mol. The molecule has 0 fully saturated rings. The number of ether oxygens (including phenoxy) is 1. The Balaban J connectivity index is 1.51. The van der Waals surface area contributed by atoms with Gasteiger partial charge in [-0.2, -0.15) is 0 Å². The summed E-state index contributed by atoms with van der Waals surface area (Å²) in [6, 6.07) is 5.43. The summed E-state index contributed by atoms with van der Waals surface area (Å²) >= 11 is 7.56. The molecule has 0 unspecified atom stereocenters. The van der Waals surface area contributed by atoms with Crippen molar-refractivity contribution in [1.82, 2.24) is 10.3 Å². The van der Waals surface area contributed by atoms with Gasteiger partial charge in [0, 0.05) is 29.8 Å². The van der Waals surface area contributed by atoms with E-state index < -0.39 is 6.10 Å². The minimum Gasteiger partial charge on any atom is -0.480 e. The van der Waals surface area contributed by atoms with Crippen LogP contribution < -0.4 is 10.1 Å². The fourth-order valence-electron chi connectivity index (χ4n) is 2.31. The van der Waals surface area contributed by atoms with Crippen molar-refractivity contribution < 1.29 is 9.53 Å². The van der Waals surface area contributed by atoms with E-state index >= 15 is 0 Å². The lowest BCUT2D eigenvalue weighted by atomic mass is 10.1. The number of aromatic nitrogens is 1. The van der Waals surface area contributed by atoms with Gasteiger partial charge in [-0.1, -0.05) is 11.6 Å². The molecule has 0 saturated carbocycles. The molecule has 1 aromatic heterocycles. The lowest BCUT2D eigenvalue weighted by Crippen LogP contribution is -2.38. The van der Waals surface area contributed by atoms with Gasteiger partial charge in [-0.15, -0.1) is 11.3 Å². The smallest absolute Gasteiger partial charge is 0.261 e. The summed E-state index contributed by atoms with van der Waals surface area (Å²) < 4.78 is 5.65. The summed E-state index contributed by atoms with van der Waals surface area (Å²) in [7, 11) is 0. The van der Waals surface area contributed by atoms with Crippen LogP contribution >= 0.6 is 22.9 Å². The molecule has 1 aliphatic rings. The van der Waals surface area contributed by atoms with Gasteiger partial charge in [-0.3, -0.25) is 4.79 Å². The summed E-state index contributed by atoms with van der Waals surface area (Å²) in [5.74, 6) is 0.656. The number of nitrogens with zero attached hydrogens (tertiary/aromatic N) is 1. The quantitative estimate of drug-likeness (QED) is 0.941. The van der Waals surface area contributed by atoms with E-state index in [9.17, 15) is 4.79 Å². The Kier molecular flexibility index (Phi) is 4.12. The molecule has 1 aliphatic heterocycles. The number of thiazole rings is 1. The third-order valence-corrected chi connectivity index (χ3v) is 4.39. The third-order valence-electron chi connectivity index (χ3n) is 3.34. The van der Waals surface area contributed by atoms with Crippen LogP contribution in [0.25, 0.3) is 0 Å². The highest BCUT2D eigenvalue weighted by atomic mass is 35.5. The molecule has 0 radical (unpaired) electrons. The molecule has 1 N–H and O–H groups in total. The maximum Gasteiger partial charge on any atom is 0.261 e. The van der Waals surface area contributed by atoms with E-state index in [1.807, 2.05) is 24.4 Å². The van der Waals surface area contributed by atoms with Crippen molar-refractivity contribution in [3.05, 3.63) is 44.9 Å². The highest BCUT2D eigenvalue weighted by molar-refractivity contribution is 7.09. The molecule has 1 atom stereocenters. The number of hydrogen-bond acceptors (Lipinski definition) is 4. The van der Waals surface area contributed by atoms with Gasteiger partial charge in [0.25, 0.3) is 5.91 Å². The van der Waals surface area contributed by atoms with Crippen LogP contribution in [0.5, 0.6) is 5.75 Å². The van der Waals surface area contributed by atoms with Crippen molar-refractivity contribution in [3.63, 3.8) is 0 Å². The van der Waals surface area contributed by atoms with E-state index in [2.05, 4.69) is 10.3 Å². The third kappa shape index (κ3) is 3.36. The minimum atomic E-state index is -0.462. The lowest BCUT2D eigenvalue weighted by Gasteiger charge is -2.10. The molecule has 6 heteroatoms.